The molecule has 0 bridgehead atoms. The Morgan fingerprint density at radius 3 is 3.00 bits per heavy atom. The predicted molar refractivity (Wildman–Crippen MR) is 116 cm³/mol. The van der Waals surface area contributed by atoms with E-state index in [0.29, 0.717) is 19.1 Å². The number of nitrogens with one attached hydrogen (secondary N) is 2. The molecule has 29 heavy (non-hydrogen) atoms. The minimum absolute atomic E-state index is 0.298. The van der Waals surface area contributed by atoms with E-state index in [2.05, 4.69) is 44.4 Å². The molecule has 2 N–H and O–H groups in total. The number of rotatable bonds is 7. The Labute approximate surface area is 172 Å². The normalized spacial score (nSPS) is 17.1. The molecule has 1 aliphatic rings. The number of guanidine groups is 1. The van der Waals surface area contributed by atoms with Gasteiger partial charge < -0.3 is 24.8 Å². The minimum Gasteiger partial charge on any atom is -0.497 e. The lowest BCUT2D eigenvalue weighted by molar-refractivity contribution is 0.414. The molecule has 1 atom stereocenters. The SMILES string of the molecule is C=CCNC(=NCc1nnc(C)n1C)NC1CCCN(c2cccc(OC)c2)C1. The summed E-state index contributed by atoms with van der Waals surface area (Å²) >= 11 is 0. The zero-order valence-electron chi connectivity index (χ0n) is 17.6. The minimum atomic E-state index is 0.298. The first-order valence-electron chi connectivity index (χ1n) is 10.0. The van der Waals surface area contributed by atoms with Crippen molar-refractivity contribution in [2.45, 2.75) is 32.4 Å². The molecule has 0 aliphatic carbocycles. The molecular formula is C21H31N7O. The average molecular weight is 398 g/mol. The highest BCUT2D eigenvalue weighted by Gasteiger charge is 2.21. The maximum absolute atomic E-state index is 5.37. The number of piperidine rings is 1. The molecule has 0 radical (unpaired) electrons. The van der Waals surface area contributed by atoms with Crippen LogP contribution in [0.4, 0.5) is 5.69 Å². The topological polar surface area (TPSA) is 79.6 Å². The van der Waals surface area contributed by atoms with Crippen LogP contribution in [0.5, 0.6) is 5.75 Å². The van der Waals surface area contributed by atoms with Crippen molar-refractivity contribution in [2.75, 3.05) is 31.6 Å². The van der Waals surface area contributed by atoms with Gasteiger partial charge in [0.25, 0.3) is 0 Å². The summed E-state index contributed by atoms with van der Waals surface area (Å²) in [5, 5.41) is 15.2. The van der Waals surface area contributed by atoms with Crippen molar-refractivity contribution in [1.29, 1.82) is 0 Å². The third-order valence-corrected chi connectivity index (χ3v) is 5.16. The first-order chi connectivity index (χ1) is 14.1. The summed E-state index contributed by atoms with van der Waals surface area (Å²) in [6, 6.07) is 8.52. The Hall–Kier alpha value is -3.03. The van der Waals surface area contributed by atoms with Gasteiger partial charge in [0, 0.05) is 44.5 Å². The molecule has 1 aromatic heterocycles. The molecule has 8 heteroatoms. The molecule has 0 saturated carbocycles. The number of anilines is 1. The molecular weight excluding hydrogens is 366 g/mol. The summed E-state index contributed by atoms with van der Waals surface area (Å²) < 4.78 is 7.33. The summed E-state index contributed by atoms with van der Waals surface area (Å²) in [6.07, 6.45) is 4.04. The smallest absolute Gasteiger partial charge is 0.192 e. The molecule has 1 saturated heterocycles. The zero-order valence-corrected chi connectivity index (χ0v) is 17.6. The summed E-state index contributed by atoms with van der Waals surface area (Å²) in [5.41, 5.74) is 1.18. The monoisotopic (exact) mass is 397 g/mol. The van der Waals surface area contributed by atoms with Crippen LogP contribution in [0.15, 0.2) is 41.9 Å². The number of hydrogen-bond donors (Lipinski definition) is 2. The van der Waals surface area contributed by atoms with E-state index in [4.69, 9.17) is 9.73 Å². The molecule has 0 amide bonds. The molecule has 1 fully saturated rings. The van der Waals surface area contributed by atoms with Gasteiger partial charge in [0.05, 0.1) is 7.11 Å². The summed E-state index contributed by atoms with van der Waals surface area (Å²) in [5.74, 6) is 3.36. The number of aliphatic imine (C=N–C) groups is 1. The van der Waals surface area contributed by atoms with Gasteiger partial charge in [-0.2, -0.15) is 0 Å². The number of aryl methyl sites for hydroxylation is 1. The Morgan fingerprint density at radius 1 is 1.41 bits per heavy atom. The van der Waals surface area contributed by atoms with E-state index >= 15 is 0 Å². The molecule has 1 aliphatic heterocycles. The Kier molecular flexibility index (Phi) is 7.10. The van der Waals surface area contributed by atoms with Crippen LogP contribution in [0.3, 0.4) is 0 Å². The first-order valence-corrected chi connectivity index (χ1v) is 10.0. The molecule has 156 valence electrons. The van der Waals surface area contributed by atoms with Crippen molar-refractivity contribution in [2.24, 2.45) is 12.0 Å². The fourth-order valence-electron chi connectivity index (χ4n) is 3.39. The van der Waals surface area contributed by atoms with E-state index in [1.807, 2.05) is 36.7 Å². The van der Waals surface area contributed by atoms with E-state index in [0.717, 1.165) is 49.3 Å². The number of nitrogens with zero attached hydrogens (tertiary/aromatic N) is 5. The highest BCUT2D eigenvalue weighted by atomic mass is 16.5. The second-order valence-corrected chi connectivity index (χ2v) is 7.19. The summed E-state index contributed by atoms with van der Waals surface area (Å²) in [6.45, 7) is 8.79. The van der Waals surface area contributed by atoms with Gasteiger partial charge in [-0.3, -0.25) is 0 Å². The molecule has 2 aromatic rings. The number of ether oxygens (including phenoxy) is 1. The van der Waals surface area contributed by atoms with Gasteiger partial charge in [-0.05, 0) is 31.9 Å². The number of aromatic nitrogens is 3. The van der Waals surface area contributed by atoms with Gasteiger partial charge in [0.15, 0.2) is 11.8 Å². The van der Waals surface area contributed by atoms with Crippen molar-refractivity contribution in [3.05, 3.63) is 48.6 Å². The van der Waals surface area contributed by atoms with Crippen molar-refractivity contribution >= 4 is 11.6 Å². The third-order valence-electron chi connectivity index (χ3n) is 5.16. The largest absolute Gasteiger partial charge is 0.497 e. The zero-order chi connectivity index (χ0) is 20.6. The Balaban J connectivity index is 1.67. The summed E-state index contributed by atoms with van der Waals surface area (Å²) in [4.78, 5) is 7.10. The molecule has 0 spiro atoms. The standard InChI is InChI=1S/C21H31N7O/c1-5-11-22-21(23-14-20-26-25-16(2)27(20)3)24-17-8-7-12-28(15-17)18-9-6-10-19(13-18)29-4/h5-6,9-10,13,17H,1,7-8,11-12,14-15H2,2-4H3,(H2,22,23,24). The maximum atomic E-state index is 5.37. The highest BCUT2D eigenvalue weighted by Crippen LogP contribution is 2.24. The van der Waals surface area contributed by atoms with Crippen LogP contribution in [-0.4, -0.2) is 53.5 Å². The predicted octanol–water partition coefficient (Wildman–Crippen LogP) is 2.02. The lowest BCUT2D eigenvalue weighted by Gasteiger charge is -2.35. The second kappa shape index (κ2) is 9.95. The van der Waals surface area contributed by atoms with Crippen LogP contribution >= 0.6 is 0 Å². The van der Waals surface area contributed by atoms with E-state index in [1.54, 1.807) is 7.11 Å². The van der Waals surface area contributed by atoms with Gasteiger partial charge in [0.1, 0.15) is 18.1 Å². The number of benzene rings is 1. The molecule has 1 unspecified atom stereocenters. The highest BCUT2D eigenvalue weighted by molar-refractivity contribution is 5.80. The van der Waals surface area contributed by atoms with E-state index in [9.17, 15) is 0 Å². The lowest BCUT2D eigenvalue weighted by atomic mass is 10.0. The van der Waals surface area contributed by atoms with Crippen molar-refractivity contribution in [3.8, 4) is 5.75 Å². The van der Waals surface area contributed by atoms with Crippen LogP contribution in [0.25, 0.3) is 0 Å². The summed E-state index contributed by atoms with van der Waals surface area (Å²) in [7, 11) is 3.66. The second-order valence-electron chi connectivity index (χ2n) is 7.19. The van der Waals surface area contributed by atoms with Crippen molar-refractivity contribution in [1.82, 2.24) is 25.4 Å². The Morgan fingerprint density at radius 2 is 2.28 bits per heavy atom. The van der Waals surface area contributed by atoms with Crippen LogP contribution < -0.4 is 20.3 Å². The van der Waals surface area contributed by atoms with Crippen molar-refractivity contribution in [3.63, 3.8) is 0 Å². The van der Waals surface area contributed by atoms with Crippen LogP contribution in [-0.2, 0) is 13.6 Å². The fraction of sp³-hybridized carbons (Fsp3) is 0.476. The molecule has 1 aromatic carbocycles. The first kappa shape index (κ1) is 20.7. The van der Waals surface area contributed by atoms with Crippen molar-refractivity contribution < 1.29 is 4.74 Å². The van der Waals surface area contributed by atoms with Gasteiger partial charge in [-0.25, -0.2) is 4.99 Å². The average Bonchev–Trinajstić information content (AvgIpc) is 3.08. The lowest BCUT2D eigenvalue weighted by Crippen LogP contribution is -2.51. The molecule has 3 rings (SSSR count). The van der Waals surface area contributed by atoms with Crippen LogP contribution in [0, 0.1) is 6.92 Å². The van der Waals surface area contributed by atoms with Gasteiger partial charge in [-0.1, -0.05) is 12.1 Å². The maximum Gasteiger partial charge on any atom is 0.192 e. The molecule has 2 heterocycles. The van der Waals surface area contributed by atoms with Gasteiger partial charge in [-0.15, -0.1) is 16.8 Å². The van der Waals surface area contributed by atoms with E-state index in [1.165, 1.54) is 5.69 Å². The molecule has 8 nitrogen and oxygen atoms in total. The number of methoxy groups -OCH3 is 1. The van der Waals surface area contributed by atoms with Crippen LogP contribution in [0.1, 0.15) is 24.5 Å². The quantitative estimate of drug-likeness (QED) is 0.423. The fourth-order valence-corrected chi connectivity index (χ4v) is 3.39. The number of hydrogen-bond acceptors (Lipinski definition) is 5. The van der Waals surface area contributed by atoms with Gasteiger partial charge in [0.2, 0.25) is 0 Å². The van der Waals surface area contributed by atoms with E-state index in [-0.39, 0.29) is 0 Å². The van der Waals surface area contributed by atoms with Gasteiger partial charge >= 0.3 is 0 Å². The Bertz CT molecular complexity index is 845. The van der Waals surface area contributed by atoms with E-state index < -0.39 is 0 Å². The van der Waals surface area contributed by atoms with Crippen LogP contribution in [0.2, 0.25) is 0 Å². The third kappa shape index (κ3) is 5.49.